The molecule has 0 saturated heterocycles. The molecule has 3 heteroatoms. The van der Waals surface area contributed by atoms with Crippen LogP contribution in [-0.2, 0) is 12.8 Å². The Labute approximate surface area is 395 Å². The molecular formula is C65H43N3. The largest absolute Gasteiger partial charge is 0.310 e. The number of nitrogens with zero attached hydrogens (tertiary/aromatic N) is 3. The van der Waals surface area contributed by atoms with Gasteiger partial charge in [0.2, 0.25) is 0 Å². The summed E-state index contributed by atoms with van der Waals surface area (Å²) in [4.78, 5) is 9.53. The van der Waals surface area contributed by atoms with Gasteiger partial charge in [0.25, 0.3) is 0 Å². The molecule has 0 unspecified atom stereocenters. The molecule has 0 bridgehead atoms. The first-order valence-electron chi connectivity index (χ1n) is 23.6. The van der Waals surface area contributed by atoms with Crippen LogP contribution in [0, 0.1) is 0 Å². The zero-order valence-corrected chi connectivity index (χ0v) is 37.3. The van der Waals surface area contributed by atoms with Crippen LogP contribution < -0.4 is 9.80 Å². The molecular weight excluding hydrogens is 823 g/mol. The molecule has 3 nitrogen and oxygen atoms in total. The van der Waals surface area contributed by atoms with Gasteiger partial charge in [-0.3, -0.25) is 4.98 Å². The maximum atomic E-state index is 4.60. The van der Waals surface area contributed by atoms with Crippen molar-refractivity contribution in [2.45, 2.75) is 12.8 Å². The summed E-state index contributed by atoms with van der Waals surface area (Å²) in [5.74, 6) is 0. The van der Waals surface area contributed by atoms with Gasteiger partial charge in [0, 0.05) is 53.7 Å². The van der Waals surface area contributed by atoms with Gasteiger partial charge in [-0.2, -0.15) is 0 Å². The van der Waals surface area contributed by atoms with E-state index >= 15 is 0 Å². The fourth-order valence-corrected chi connectivity index (χ4v) is 11.5. The van der Waals surface area contributed by atoms with E-state index in [9.17, 15) is 0 Å². The van der Waals surface area contributed by atoms with Crippen molar-refractivity contribution in [2.24, 2.45) is 0 Å². The minimum atomic E-state index is 0.847. The fourth-order valence-electron chi connectivity index (χ4n) is 11.5. The van der Waals surface area contributed by atoms with Crippen LogP contribution in [0.1, 0.15) is 22.3 Å². The lowest BCUT2D eigenvalue weighted by atomic mass is 9.83. The van der Waals surface area contributed by atoms with E-state index in [2.05, 4.69) is 239 Å². The van der Waals surface area contributed by atoms with Crippen LogP contribution >= 0.6 is 0 Å². The third-order valence-electron chi connectivity index (χ3n) is 14.5. The second-order valence-electron chi connectivity index (χ2n) is 18.3. The van der Waals surface area contributed by atoms with Crippen molar-refractivity contribution >= 4 is 77.2 Å². The van der Waals surface area contributed by atoms with Crippen LogP contribution in [-0.4, -0.2) is 4.98 Å². The van der Waals surface area contributed by atoms with Gasteiger partial charge in [0.05, 0.1) is 5.69 Å². The van der Waals surface area contributed by atoms with Crippen LogP contribution in [0.25, 0.3) is 76.5 Å². The van der Waals surface area contributed by atoms with Crippen molar-refractivity contribution in [1.82, 2.24) is 4.98 Å². The van der Waals surface area contributed by atoms with Gasteiger partial charge in [-0.25, -0.2) is 0 Å². The highest BCUT2D eigenvalue weighted by Gasteiger charge is 2.28. The molecule has 0 spiro atoms. The monoisotopic (exact) mass is 865 g/mol. The normalized spacial score (nSPS) is 12.8. The summed E-state index contributed by atoms with van der Waals surface area (Å²) in [5.41, 5.74) is 19.5. The van der Waals surface area contributed by atoms with Crippen LogP contribution in [0.5, 0.6) is 0 Å². The standard InChI is InChI=1S/C65H43N3/c1-2-15-43(16-3-1)52-32-33-55(54-22-10-9-21-53(52)54)65-57-31-29-50(67-60-23-11-6-18-45(60)37-46-19-7-12-24-61(46)67)39-58(57)64(48-27-26-42-14-4-5-17-44(42)36-48)56-30-28-51(40-59(56)65)68-62-25-13-8-20-47(62)38-49-41-66-35-34-63(49)68/h1-36,39-41H,37-38H2. The maximum absolute atomic E-state index is 4.60. The molecule has 0 N–H and O–H groups in total. The Kier molecular flexibility index (Phi) is 8.72. The molecule has 11 aromatic carbocycles. The Morgan fingerprint density at radius 1 is 0.309 bits per heavy atom. The fraction of sp³-hybridized carbons (Fsp3) is 0.0308. The predicted molar refractivity (Wildman–Crippen MR) is 286 cm³/mol. The number of aromatic nitrogens is 1. The third-order valence-corrected chi connectivity index (χ3v) is 14.5. The van der Waals surface area contributed by atoms with Crippen molar-refractivity contribution in [3.05, 3.63) is 259 Å². The quantitative estimate of drug-likeness (QED) is 0.161. The molecule has 12 aromatic rings. The molecule has 0 radical (unpaired) electrons. The summed E-state index contributed by atoms with van der Waals surface area (Å²) in [6.45, 7) is 0. The highest BCUT2D eigenvalue weighted by atomic mass is 15.2. The van der Waals surface area contributed by atoms with Crippen LogP contribution in [0.2, 0.25) is 0 Å². The van der Waals surface area contributed by atoms with E-state index in [0.717, 1.165) is 24.2 Å². The predicted octanol–water partition coefficient (Wildman–Crippen LogP) is 17.4. The van der Waals surface area contributed by atoms with Crippen LogP contribution in [0.3, 0.4) is 0 Å². The Bertz CT molecular complexity index is 3910. The summed E-state index contributed by atoms with van der Waals surface area (Å²) in [6.07, 6.45) is 5.71. The minimum Gasteiger partial charge on any atom is -0.310 e. The van der Waals surface area contributed by atoms with Crippen molar-refractivity contribution in [2.75, 3.05) is 9.80 Å². The number of para-hydroxylation sites is 3. The SMILES string of the molecule is c1ccc(-c2ccc(-c3c4ccc(N5c6ccccc6Cc6ccccc65)cc4c(-c4ccc5ccccc5c4)c4ccc(N5c6ccccc6Cc6cnccc65)cc34)c3ccccc23)cc1. The van der Waals surface area contributed by atoms with Crippen LogP contribution in [0.4, 0.5) is 34.1 Å². The van der Waals surface area contributed by atoms with Gasteiger partial charge >= 0.3 is 0 Å². The Balaban J connectivity index is 1.12. The zero-order valence-electron chi connectivity index (χ0n) is 37.3. The van der Waals surface area contributed by atoms with Gasteiger partial charge in [0.15, 0.2) is 0 Å². The number of rotatable bonds is 5. The van der Waals surface area contributed by atoms with E-state index in [-0.39, 0.29) is 0 Å². The van der Waals surface area contributed by atoms with E-state index in [0.29, 0.717) is 0 Å². The maximum Gasteiger partial charge on any atom is 0.0527 e. The number of fused-ring (bicyclic) bond motifs is 8. The summed E-state index contributed by atoms with van der Waals surface area (Å²) in [7, 11) is 0. The van der Waals surface area contributed by atoms with Crippen molar-refractivity contribution in [3.63, 3.8) is 0 Å². The summed E-state index contributed by atoms with van der Waals surface area (Å²) in [6, 6.07) is 83.5. The van der Waals surface area contributed by atoms with E-state index in [4.69, 9.17) is 0 Å². The molecule has 0 amide bonds. The van der Waals surface area contributed by atoms with Gasteiger partial charge in [-0.15, -0.1) is 0 Å². The minimum absolute atomic E-state index is 0.847. The summed E-state index contributed by atoms with van der Waals surface area (Å²) in [5, 5.41) is 9.74. The summed E-state index contributed by atoms with van der Waals surface area (Å²) >= 11 is 0. The highest BCUT2D eigenvalue weighted by molar-refractivity contribution is 6.25. The third kappa shape index (κ3) is 6.02. The van der Waals surface area contributed by atoms with E-state index in [1.54, 1.807) is 0 Å². The number of pyridine rings is 1. The average molecular weight is 866 g/mol. The number of hydrogen-bond donors (Lipinski definition) is 0. The van der Waals surface area contributed by atoms with Gasteiger partial charge in [0.1, 0.15) is 0 Å². The average Bonchev–Trinajstić information content (AvgIpc) is 3.40. The van der Waals surface area contributed by atoms with Gasteiger partial charge in [-0.1, -0.05) is 170 Å². The first kappa shape index (κ1) is 38.5. The van der Waals surface area contributed by atoms with E-state index < -0.39 is 0 Å². The molecule has 2 aliphatic heterocycles. The molecule has 68 heavy (non-hydrogen) atoms. The van der Waals surface area contributed by atoms with Gasteiger partial charge < -0.3 is 9.80 Å². The lowest BCUT2D eigenvalue weighted by Gasteiger charge is -2.34. The smallest absolute Gasteiger partial charge is 0.0527 e. The molecule has 0 saturated carbocycles. The second kappa shape index (κ2) is 15.4. The van der Waals surface area contributed by atoms with E-state index in [1.165, 1.54) is 121 Å². The molecule has 2 aliphatic rings. The Morgan fingerprint density at radius 2 is 0.824 bits per heavy atom. The first-order chi connectivity index (χ1) is 33.7. The van der Waals surface area contributed by atoms with Crippen molar-refractivity contribution in [1.29, 1.82) is 0 Å². The second-order valence-corrected chi connectivity index (χ2v) is 18.3. The topological polar surface area (TPSA) is 19.4 Å². The first-order valence-corrected chi connectivity index (χ1v) is 23.6. The zero-order chi connectivity index (χ0) is 44.7. The number of hydrogen-bond acceptors (Lipinski definition) is 3. The number of benzene rings is 11. The highest BCUT2D eigenvalue weighted by Crippen LogP contribution is 2.52. The molecule has 14 rings (SSSR count). The Morgan fingerprint density at radius 3 is 1.50 bits per heavy atom. The molecule has 0 aliphatic carbocycles. The summed E-state index contributed by atoms with van der Waals surface area (Å²) < 4.78 is 0. The lowest BCUT2D eigenvalue weighted by molar-refractivity contribution is 1.06. The van der Waals surface area contributed by atoms with E-state index in [1.807, 2.05) is 12.4 Å². The van der Waals surface area contributed by atoms with Crippen molar-refractivity contribution in [3.8, 4) is 33.4 Å². The lowest BCUT2D eigenvalue weighted by Crippen LogP contribution is -2.18. The number of anilines is 6. The molecule has 3 heterocycles. The van der Waals surface area contributed by atoms with Gasteiger partial charge in [-0.05, 0) is 153 Å². The molecule has 318 valence electrons. The molecule has 0 atom stereocenters. The Hall–Kier alpha value is -8.79. The van der Waals surface area contributed by atoms with Crippen LogP contribution in [0.15, 0.2) is 237 Å². The molecule has 0 fully saturated rings. The molecule has 1 aromatic heterocycles. The van der Waals surface area contributed by atoms with Crippen molar-refractivity contribution < 1.29 is 0 Å².